The van der Waals surface area contributed by atoms with Gasteiger partial charge in [0.25, 0.3) is 5.91 Å². The summed E-state index contributed by atoms with van der Waals surface area (Å²) in [4.78, 5) is 28.6. The first-order chi connectivity index (χ1) is 13.0. The number of nitrogens with zero attached hydrogens (tertiary/aromatic N) is 2. The number of benzene rings is 2. The zero-order valence-corrected chi connectivity index (χ0v) is 15.6. The molecular weight excluding hydrogens is 347 g/mol. The van der Waals surface area contributed by atoms with Crippen LogP contribution in [0.1, 0.15) is 21.5 Å². The van der Waals surface area contributed by atoms with Gasteiger partial charge in [0.2, 0.25) is 5.91 Å². The molecule has 2 aromatic carbocycles. The molecule has 0 bridgehead atoms. The van der Waals surface area contributed by atoms with Crippen LogP contribution in [0.15, 0.2) is 42.5 Å². The topological polar surface area (TPSA) is 49.9 Å². The Morgan fingerprint density at radius 3 is 2.33 bits per heavy atom. The van der Waals surface area contributed by atoms with Crippen molar-refractivity contribution in [1.29, 1.82) is 0 Å². The number of hydrogen-bond acceptors (Lipinski definition) is 3. The second kappa shape index (κ2) is 8.20. The summed E-state index contributed by atoms with van der Waals surface area (Å²) in [5.41, 5.74) is 1.91. The van der Waals surface area contributed by atoms with Crippen molar-refractivity contribution < 1.29 is 18.7 Å². The lowest BCUT2D eigenvalue weighted by Gasteiger charge is -2.35. The van der Waals surface area contributed by atoms with Gasteiger partial charge in [0.15, 0.2) is 0 Å². The van der Waals surface area contributed by atoms with Crippen molar-refractivity contribution in [2.75, 3.05) is 33.3 Å². The van der Waals surface area contributed by atoms with Gasteiger partial charge in [-0.15, -0.1) is 0 Å². The Hall–Kier alpha value is -2.89. The molecule has 0 saturated carbocycles. The molecule has 0 unspecified atom stereocenters. The van der Waals surface area contributed by atoms with Gasteiger partial charge in [-0.2, -0.15) is 0 Å². The molecule has 0 atom stereocenters. The second-order valence-electron chi connectivity index (χ2n) is 6.63. The van der Waals surface area contributed by atoms with Crippen LogP contribution in [0, 0.1) is 12.7 Å². The Bertz CT molecular complexity index is 845. The van der Waals surface area contributed by atoms with Gasteiger partial charge in [-0.3, -0.25) is 9.59 Å². The third-order valence-corrected chi connectivity index (χ3v) is 4.86. The van der Waals surface area contributed by atoms with Crippen LogP contribution in [0.2, 0.25) is 0 Å². The molecule has 3 rings (SSSR count). The zero-order valence-electron chi connectivity index (χ0n) is 15.6. The number of aryl methyl sites for hydroxylation is 1. The summed E-state index contributed by atoms with van der Waals surface area (Å²) in [6.45, 7) is 3.73. The first kappa shape index (κ1) is 18.9. The van der Waals surface area contributed by atoms with Crippen molar-refractivity contribution in [3.05, 3.63) is 65.0 Å². The highest BCUT2D eigenvalue weighted by atomic mass is 19.1. The molecule has 1 fully saturated rings. The van der Waals surface area contributed by atoms with E-state index in [1.807, 2.05) is 13.0 Å². The molecule has 0 spiro atoms. The van der Waals surface area contributed by atoms with Crippen LogP contribution in [-0.4, -0.2) is 54.9 Å². The van der Waals surface area contributed by atoms with Crippen LogP contribution in [-0.2, 0) is 11.2 Å². The normalized spacial score (nSPS) is 14.2. The summed E-state index contributed by atoms with van der Waals surface area (Å²) in [6, 6.07) is 11.7. The third-order valence-electron chi connectivity index (χ3n) is 4.86. The van der Waals surface area contributed by atoms with Crippen LogP contribution in [0.5, 0.6) is 5.75 Å². The number of carbonyl (C=O) groups excluding carboxylic acids is 2. The number of halogens is 1. The van der Waals surface area contributed by atoms with E-state index in [1.54, 1.807) is 47.2 Å². The number of ether oxygens (including phenoxy) is 1. The summed E-state index contributed by atoms with van der Waals surface area (Å²) >= 11 is 0. The Labute approximate surface area is 158 Å². The summed E-state index contributed by atoms with van der Waals surface area (Å²) in [6.07, 6.45) is 0.0400. The fourth-order valence-electron chi connectivity index (χ4n) is 3.27. The summed E-state index contributed by atoms with van der Waals surface area (Å²) in [5, 5.41) is 0. The van der Waals surface area contributed by atoms with E-state index in [1.165, 1.54) is 6.07 Å². The summed E-state index contributed by atoms with van der Waals surface area (Å²) < 4.78 is 19.0. The molecule has 27 heavy (non-hydrogen) atoms. The first-order valence-electron chi connectivity index (χ1n) is 8.94. The minimum Gasteiger partial charge on any atom is -0.496 e. The van der Waals surface area contributed by atoms with E-state index in [4.69, 9.17) is 4.74 Å². The number of methoxy groups -OCH3 is 1. The van der Waals surface area contributed by atoms with E-state index in [0.717, 1.165) is 11.3 Å². The van der Waals surface area contributed by atoms with Crippen molar-refractivity contribution in [3.8, 4) is 5.75 Å². The molecule has 1 heterocycles. The van der Waals surface area contributed by atoms with Crippen LogP contribution < -0.4 is 4.74 Å². The number of rotatable bonds is 4. The van der Waals surface area contributed by atoms with E-state index in [0.29, 0.717) is 37.3 Å². The number of amides is 2. The van der Waals surface area contributed by atoms with E-state index in [-0.39, 0.29) is 24.1 Å². The molecule has 142 valence electrons. The highest BCUT2D eigenvalue weighted by Crippen LogP contribution is 2.20. The van der Waals surface area contributed by atoms with E-state index < -0.39 is 0 Å². The Kier molecular flexibility index (Phi) is 5.74. The van der Waals surface area contributed by atoms with Gasteiger partial charge in [0, 0.05) is 31.7 Å². The van der Waals surface area contributed by atoms with Gasteiger partial charge in [-0.25, -0.2) is 4.39 Å². The molecule has 5 nitrogen and oxygen atoms in total. The molecule has 1 aliphatic rings. The van der Waals surface area contributed by atoms with Gasteiger partial charge < -0.3 is 14.5 Å². The van der Waals surface area contributed by atoms with Crippen LogP contribution in [0.3, 0.4) is 0 Å². The number of hydrogen-bond donors (Lipinski definition) is 0. The van der Waals surface area contributed by atoms with Gasteiger partial charge in [0.05, 0.1) is 13.5 Å². The Morgan fingerprint density at radius 2 is 1.70 bits per heavy atom. The Balaban J connectivity index is 1.58. The Morgan fingerprint density at radius 1 is 1.04 bits per heavy atom. The van der Waals surface area contributed by atoms with Crippen molar-refractivity contribution in [1.82, 2.24) is 9.80 Å². The predicted octanol–water partition coefficient (Wildman–Crippen LogP) is 2.67. The first-order valence-corrected chi connectivity index (χ1v) is 8.94. The fraction of sp³-hybridized carbons (Fsp3) is 0.333. The van der Waals surface area contributed by atoms with Crippen LogP contribution >= 0.6 is 0 Å². The molecule has 6 heteroatoms. The SMILES string of the molecule is COc1ccc(C(=O)N2CCN(C(=O)Cc3ccccc3F)CC2)cc1C. The molecule has 0 N–H and O–H groups in total. The number of piperazine rings is 1. The molecule has 1 aliphatic heterocycles. The minimum atomic E-state index is -0.366. The summed E-state index contributed by atoms with van der Waals surface area (Å²) in [7, 11) is 1.60. The average Bonchev–Trinajstić information content (AvgIpc) is 2.69. The quantitative estimate of drug-likeness (QED) is 0.831. The molecule has 2 aromatic rings. The molecule has 1 saturated heterocycles. The zero-order chi connectivity index (χ0) is 19.4. The van der Waals surface area contributed by atoms with E-state index in [9.17, 15) is 14.0 Å². The lowest BCUT2D eigenvalue weighted by molar-refractivity contribution is -0.132. The lowest BCUT2D eigenvalue weighted by atomic mass is 10.1. The molecule has 0 aliphatic carbocycles. The predicted molar refractivity (Wildman–Crippen MR) is 100 cm³/mol. The van der Waals surface area contributed by atoms with Gasteiger partial charge in [-0.05, 0) is 42.3 Å². The molecule has 0 radical (unpaired) electrons. The monoisotopic (exact) mass is 370 g/mol. The maximum absolute atomic E-state index is 13.7. The molecule has 2 amide bonds. The average molecular weight is 370 g/mol. The standard InChI is InChI=1S/C21H23FN2O3/c1-15-13-17(7-8-19(15)27-2)21(26)24-11-9-23(10-12-24)20(25)14-16-5-3-4-6-18(16)22/h3-8,13H,9-12,14H2,1-2H3. The second-order valence-corrected chi connectivity index (χ2v) is 6.63. The molecular formula is C21H23FN2O3. The summed E-state index contributed by atoms with van der Waals surface area (Å²) in [5.74, 6) is 0.207. The maximum Gasteiger partial charge on any atom is 0.253 e. The highest BCUT2D eigenvalue weighted by molar-refractivity contribution is 5.94. The molecule has 0 aromatic heterocycles. The maximum atomic E-state index is 13.7. The van der Waals surface area contributed by atoms with Crippen molar-refractivity contribution in [2.24, 2.45) is 0 Å². The van der Waals surface area contributed by atoms with Crippen molar-refractivity contribution in [2.45, 2.75) is 13.3 Å². The largest absolute Gasteiger partial charge is 0.496 e. The van der Waals surface area contributed by atoms with E-state index >= 15 is 0 Å². The van der Waals surface area contributed by atoms with Gasteiger partial charge >= 0.3 is 0 Å². The van der Waals surface area contributed by atoms with E-state index in [2.05, 4.69) is 0 Å². The van der Waals surface area contributed by atoms with Crippen LogP contribution in [0.25, 0.3) is 0 Å². The van der Waals surface area contributed by atoms with Gasteiger partial charge in [0.1, 0.15) is 11.6 Å². The van der Waals surface area contributed by atoms with Crippen molar-refractivity contribution >= 4 is 11.8 Å². The minimum absolute atomic E-state index is 0.0400. The lowest BCUT2D eigenvalue weighted by Crippen LogP contribution is -2.51. The smallest absolute Gasteiger partial charge is 0.253 e. The highest BCUT2D eigenvalue weighted by Gasteiger charge is 2.25. The third kappa shape index (κ3) is 4.27. The number of carbonyl (C=O) groups is 2. The van der Waals surface area contributed by atoms with Gasteiger partial charge in [-0.1, -0.05) is 18.2 Å². The fourth-order valence-corrected chi connectivity index (χ4v) is 3.27. The van der Waals surface area contributed by atoms with Crippen molar-refractivity contribution in [3.63, 3.8) is 0 Å². The van der Waals surface area contributed by atoms with Crippen LogP contribution in [0.4, 0.5) is 4.39 Å².